The van der Waals surface area contributed by atoms with E-state index in [4.69, 9.17) is 9.47 Å². The van der Waals surface area contributed by atoms with E-state index in [2.05, 4.69) is 0 Å². The molecule has 1 atom stereocenters. The van der Waals surface area contributed by atoms with Gasteiger partial charge in [-0.25, -0.2) is 4.79 Å². The van der Waals surface area contributed by atoms with Gasteiger partial charge in [-0.05, 0) is 32.4 Å². The number of hydrogen-bond donors (Lipinski definition) is 0. The van der Waals surface area contributed by atoms with Gasteiger partial charge in [0.2, 0.25) is 6.10 Å². The summed E-state index contributed by atoms with van der Waals surface area (Å²) in [6.45, 7) is 5.08. The van der Waals surface area contributed by atoms with Gasteiger partial charge in [-0.3, -0.25) is 0 Å². The molecule has 2 rings (SSSR count). The lowest BCUT2D eigenvalue weighted by Crippen LogP contribution is -2.42. The summed E-state index contributed by atoms with van der Waals surface area (Å²) in [5.74, 6) is -0.917. The topological polar surface area (TPSA) is 35.5 Å². The first-order chi connectivity index (χ1) is 10.1. The Balaban J connectivity index is 2.40. The fraction of sp³-hybridized carbons (Fsp3) is 0.438. The summed E-state index contributed by atoms with van der Waals surface area (Å²) in [4.78, 5) is 12.2. The molecule has 0 saturated heterocycles. The number of carbonyl (C=O) groups is 1. The zero-order valence-corrected chi connectivity index (χ0v) is 12.5. The summed E-state index contributed by atoms with van der Waals surface area (Å²) in [6, 6.07) is 6.25. The smallest absolute Gasteiger partial charge is 0.430 e. The summed E-state index contributed by atoms with van der Waals surface area (Å²) >= 11 is 0. The molecule has 0 N–H and O–H groups in total. The molecule has 1 aromatic carbocycles. The van der Waals surface area contributed by atoms with E-state index in [1.807, 2.05) is 0 Å². The summed E-state index contributed by atoms with van der Waals surface area (Å²) in [7, 11) is 0. The number of alkyl halides is 3. The van der Waals surface area contributed by atoms with E-state index in [-0.39, 0.29) is 5.75 Å². The molecular formula is C16H17F3O3. The number of rotatable bonds is 3. The van der Waals surface area contributed by atoms with Crippen molar-refractivity contribution in [3.05, 3.63) is 35.4 Å². The van der Waals surface area contributed by atoms with Gasteiger partial charge in [-0.2, -0.15) is 13.2 Å². The van der Waals surface area contributed by atoms with E-state index >= 15 is 0 Å². The first-order valence-electron chi connectivity index (χ1n) is 6.91. The van der Waals surface area contributed by atoms with Gasteiger partial charge < -0.3 is 9.47 Å². The molecule has 0 saturated carbocycles. The van der Waals surface area contributed by atoms with Crippen LogP contribution in [0, 0.1) is 0 Å². The van der Waals surface area contributed by atoms with Crippen molar-refractivity contribution >= 4 is 12.0 Å². The molecule has 0 fully saturated rings. The molecule has 0 bridgehead atoms. The van der Waals surface area contributed by atoms with Crippen LogP contribution < -0.4 is 4.74 Å². The number of halogens is 3. The molecule has 6 heteroatoms. The second-order valence-electron chi connectivity index (χ2n) is 5.68. The molecule has 3 nitrogen and oxygen atoms in total. The molecule has 1 aromatic rings. The zero-order valence-electron chi connectivity index (χ0n) is 12.5. The molecule has 1 heterocycles. The van der Waals surface area contributed by atoms with Crippen LogP contribution in [0.5, 0.6) is 5.75 Å². The van der Waals surface area contributed by atoms with E-state index in [0.29, 0.717) is 12.0 Å². The molecule has 22 heavy (non-hydrogen) atoms. The maximum absolute atomic E-state index is 13.2. The maximum Gasteiger partial charge on any atom is 0.430 e. The SMILES string of the molecule is CCC(C)(C)OC(=O)C1=Cc2ccccc2OC1C(F)(F)F. The van der Waals surface area contributed by atoms with E-state index in [1.165, 1.54) is 12.1 Å². The van der Waals surface area contributed by atoms with Gasteiger partial charge in [0, 0.05) is 5.56 Å². The Labute approximate surface area is 126 Å². The number of ether oxygens (including phenoxy) is 2. The lowest BCUT2D eigenvalue weighted by molar-refractivity contribution is -0.190. The van der Waals surface area contributed by atoms with E-state index < -0.39 is 29.4 Å². The Morgan fingerprint density at radius 3 is 2.50 bits per heavy atom. The van der Waals surface area contributed by atoms with Crippen LogP contribution in [0.2, 0.25) is 0 Å². The monoisotopic (exact) mass is 314 g/mol. The highest BCUT2D eigenvalue weighted by molar-refractivity contribution is 5.96. The predicted molar refractivity (Wildman–Crippen MR) is 75.4 cm³/mol. The molecule has 0 amide bonds. The van der Waals surface area contributed by atoms with Crippen LogP contribution in [0.3, 0.4) is 0 Å². The van der Waals surface area contributed by atoms with Gasteiger partial charge in [-0.15, -0.1) is 0 Å². The number of hydrogen-bond acceptors (Lipinski definition) is 3. The maximum atomic E-state index is 13.2. The fourth-order valence-electron chi connectivity index (χ4n) is 1.93. The molecule has 1 aliphatic rings. The van der Waals surface area contributed by atoms with Gasteiger partial charge in [0.05, 0.1) is 5.57 Å². The average molecular weight is 314 g/mol. The van der Waals surface area contributed by atoms with Crippen molar-refractivity contribution in [1.82, 2.24) is 0 Å². The first-order valence-corrected chi connectivity index (χ1v) is 6.91. The second kappa shape index (κ2) is 5.66. The van der Waals surface area contributed by atoms with Crippen LogP contribution in [0.4, 0.5) is 13.2 Å². The van der Waals surface area contributed by atoms with Gasteiger partial charge >= 0.3 is 12.1 Å². The number of carbonyl (C=O) groups excluding carboxylic acids is 1. The molecule has 0 radical (unpaired) electrons. The van der Waals surface area contributed by atoms with Gasteiger partial charge in [0.25, 0.3) is 0 Å². The third-order valence-electron chi connectivity index (χ3n) is 3.51. The molecule has 1 aliphatic heterocycles. The second-order valence-corrected chi connectivity index (χ2v) is 5.68. The number of para-hydroxylation sites is 1. The Hall–Kier alpha value is -1.98. The van der Waals surface area contributed by atoms with Gasteiger partial charge in [0.15, 0.2) is 0 Å². The van der Waals surface area contributed by atoms with E-state index in [9.17, 15) is 18.0 Å². The zero-order chi connectivity index (χ0) is 16.5. The Morgan fingerprint density at radius 2 is 1.91 bits per heavy atom. The highest BCUT2D eigenvalue weighted by Crippen LogP contribution is 2.37. The average Bonchev–Trinajstić information content (AvgIpc) is 2.44. The normalized spacial score (nSPS) is 18.1. The van der Waals surface area contributed by atoms with Crippen LogP contribution in [0.1, 0.15) is 32.8 Å². The summed E-state index contributed by atoms with van der Waals surface area (Å²) in [6.07, 6.45) is -5.34. The third kappa shape index (κ3) is 3.43. The summed E-state index contributed by atoms with van der Waals surface area (Å²) in [5, 5.41) is 0. The fourth-order valence-corrected chi connectivity index (χ4v) is 1.93. The largest absolute Gasteiger partial charge is 0.475 e. The van der Waals surface area contributed by atoms with Crippen molar-refractivity contribution in [2.24, 2.45) is 0 Å². The minimum atomic E-state index is -4.70. The molecule has 120 valence electrons. The molecule has 0 aliphatic carbocycles. The highest BCUT2D eigenvalue weighted by atomic mass is 19.4. The van der Waals surface area contributed by atoms with Crippen molar-refractivity contribution in [1.29, 1.82) is 0 Å². The highest BCUT2D eigenvalue weighted by Gasteiger charge is 2.49. The van der Waals surface area contributed by atoms with Crippen molar-refractivity contribution in [2.45, 2.75) is 45.1 Å². The molecule has 0 aromatic heterocycles. The standard InChI is InChI=1S/C16H17F3O3/c1-4-15(2,3)22-14(20)11-9-10-7-5-6-8-12(10)21-13(11)16(17,18)19/h5-9,13H,4H2,1-3H3. The lowest BCUT2D eigenvalue weighted by Gasteiger charge is -2.30. The predicted octanol–water partition coefficient (Wildman–Crippen LogP) is 4.13. The Kier molecular flexibility index (Phi) is 4.22. The van der Waals surface area contributed by atoms with E-state index in [0.717, 1.165) is 0 Å². The quantitative estimate of drug-likeness (QED) is 0.787. The lowest BCUT2D eigenvalue weighted by atomic mass is 10.0. The van der Waals surface area contributed by atoms with Crippen LogP contribution in [0.15, 0.2) is 29.8 Å². The van der Waals surface area contributed by atoms with Crippen molar-refractivity contribution in [3.8, 4) is 5.75 Å². The molecule has 0 spiro atoms. The number of esters is 1. The third-order valence-corrected chi connectivity index (χ3v) is 3.51. The number of benzene rings is 1. The minimum absolute atomic E-state index is 0.0936. The first kappa shape index (κ1) is 16.4. The van der Waals surface area contributed by atoms with Crippen LogP contribution >= 0.6 is 0 Å². The van der Waals surface area contributed by atoms with Crippen LogP contribution in [0.25, 0.3) is 6.08 Å². The molecular weight excluding hydrogens is 297 g/mol. The summed E-state index contributed by atoms with van der Waals surface area (Å²) < 4.78 is 49.7. The Morgan fingerprint density at radius 1 is 1.27 bits per heavy atom. The Bertz CT molecular complexity index is 603. The minimum Gasteiger partial charge on any atom is -0.475 e. The van der Waals surface area contributed by atoms with Crippen molar-refractivity contribution < 1.29 is 27.4 Å². The van der Waals surface area contributed by atoms with Crippen LogP contribution in [-0.2, 0) is 9.53 Å². The van der Waals surface area contributed by atoms with Crippen molar-refractivity contribution in [3.63, 3.8) is 0 Å². The van der Waals surface area contributed by atoms with Crippen molar-refractivity contribution in [2.75, 3.05) is 0 Å². The van der Waals surface area contributed by atoms with Gasteiger partial charge in [0.1, 0.15) is 11.4 Å². The van der Waals surface area contributed by atoms with Gasteiger partial charge in [-0.1, -0.05) is 25.1 Å². The summed E-state index contributed by atoms with van der Waals surface area (Å²) in [5.41, 5.74) is -0.956. The van der Waals surface area contributed by atoms with E-state index in [1.54, 1.807) is 39.0 Å². The molecule has 1 unspecified atom stereocenters. The number of fused-ring (bicyclic) bond motifs is 1. The van der Waals surface area contributed by atoms with Crippen LogP contribution in [-0.4, -0.2) is 23.9 Å².